The number of amides is 4. The van der Waals surface area contributed by atoms with Crippen LogP contribution >= 0.6 is 0 Å². The molecule has 7 heteroatoms. The molecule has 0 saturated carbocycles. The van der Waals surface area contributed by atoms with Gasteiger partial charge >= 0.3 is 17.8 Å². The SMILES string of the molecule is COc1ccc(N2C(=O)C(=O)N(CN3CCCCCCC3)C2=O)cc1. The summed E-state index contributed by atoms with van der Waals surface area (Å²) in [6, 6.07) is 5.92. The maximum Gasteiger partial charge on any atom is 0.340 e. The Labute approximate surface area is 147 Å². The Bertz CT molecular complexity index is 651. The fraction of sp³-hybridized carbons (Fsp3) is 0.500. The molecule has 1 aromatic carbocycles. The normalized spacial score (nSPS) is 20.0. The lowest BCUT2D eigenvalue weighted by molar-refractivity contribution is -0.140. The third kappa shape index (κ3) is 3.66. The van der Waals surface area contributed by atoms with Gasteiger partial charge in [0.25, 0.3) is 0 Å². The fourth-order valence-corrected chi connectivity index (χ4v) is 3.24. The van der Waals surface area contributed by atoms with E-state index in [1.807, 2.05) is 0 Å². The van der Waals surface area contributed by atoms with Crippen LogP contribution in [-0.4, -0.2) is 54.5 Å². The van der Waals surface area contributed by atoms with Gasteiger partial charge in [0.15, 0.2) is 0 Å². The summed E-state index contributed by atoms with van der Waals surface area (Å²) in [5.74, 6) is -0.947. The first kappa shape index (κ1) is 17.4. The largest absolute Gasteiger partial charge is 0.497 e. The van der Waals surface area contributed by atoms with Gasteiger partial charge in [0, 0.05) is 0 Å². The molecule has 4 amide bonds. The van der Waals surface area contributed by atoms with Crippen molar-refractivity contribution < 1.29 is 19.1 Å². The molecule has 134 valence electrons. The molecule has 7 nitrogen and oxygen atoms in total. The Hall–Kier alpha value is -2.41. The Morgan fingerprint density at radius 1 is 0.880 bits per heavy atom. The molecule has 2 fully saturated rings. The number of benzene rings is 1. The number of likely N-dealkylation sites (tertiary alicyclic amines) is 1. The van der Waals surface area contributed by atoms with E-state index in [1.165, 1.54) is 13.5 Å². The number of carbonyl (C=O) groups excluding carboxylic acids is 3. The van der Waals surface area contributed by atoms with Crippen molar-refractivity contribution in [1.29, 1.82) is 0 Å². The fourth-order valence-electron chi connectivity index (χ4n) is 3.24. The smallest absolute Gasteiger partial charge is 0.340 e. The van der Waals surface area contributed by atoms with Gasteiger partial charge in [-0.05, 0) is 50.2 Å². The standard InChI is InChI=1S/C18H23N3O4/c1-25-15-9-7-14(8-10-15)21-17(23)16(22)20(18(21)24)13-19-11-5-3-2-4-6-12-19/h7-10H,2-6,11-13H2,1H3. The third-order valence-electron chi connectivity index (χ3n) is 4.67. The molecule has 1 aromatic rings. The van der Waals surface area contributed by atoms with Gasteiger partial charge in [-0.15, -0.1) is 0 Å². The summed E-state index contributed by atoms with van der Waals surface area (Å²) in [6.07, 6.45) is 5.66. The van der Waals surface area contributed by atoms with E-state index < -0.39 is 17.8 Å². The minimum absolute atomic E-state index is 0.177. The number of hydrogen-bond acceptors (Lipinski definition) is 5. The molecule has 0 aliphatic carbocycles. The second kappa shape index (κ2) is 7.65. The average molecular weight is 345 g/mol. The number of ether oxygens (including phenoxy) is 1. The van der Waals surface area contributed by atoms with Crippen LogP contribution in [0.5, 0.6) is 5.75 Å². The summed E-state index contributed by atoms with van der Waals surface area (Å²) in [5, 5.41) is 0. The third-order valence-corrected chi connectivity index (χ3v) is 4.67. The first-order valence-corrected chi connectivity index (χ1v) is 8.68. The van der Waals surface area contributed by atoms with E-state index in [-0.39, 0.29) is 6.67 Å². The number of imide groups is 2. The number of carbonyl (C=O) groups is 3. The van der Waals surface area contributed by atoms with Crippen molar-refractivity contribution >= 4 is 23.5 Å². The highest BCUT2D eigenvalue weighted by atomic mass is 16.5. The Balaban J connectivity index is 1.74. The number of urea groups is 1. The van der Waals surface area contributed by atoms with E-state index in [1.54, 1.807) is 24.3 Å². The number of hydrogen-bond donors (Lipinski definition) is 0. The van der Waals surface area contributed by atoms with Crippen LogP contribution < -0.4 is 9.64 Å². The number of methoxy groups -OCH3 is 1. The molecular formula is C18H23N3O4. The zero-order valence-electron chi connectivity index (χ0n) is 14.4. The molecule has 3 rings (SSSR count). The first-order valence-electron chi connectivity index (χ1n) is 8.68. The van der Waals surface area contributed by atoms with Crippen molar-refractivity contribution in [2.75, 3.05) is 31.8 Å². The number of nitrogens with zero attached hydrogens (tertiary/aromatic N) is 3. The summed E-state index contributed by atoms with van der Waals surface area (Å²) in [7, 11) is 1.54. The van der Waals surface area contributed by atoms with Crippen LogP contribution in [0.25, 0.3) is 0 Å². The lowest BCUT2D eigenvalue weighted by atomic mass is 10.1. The molecule has 0 radical (unpaired) electrons. The van der Waals surface area contributed by atoms with Gasteiger partial charge in [0.05, 0.1) is 19.5 Å². The van der Waals surface area contributed by atoms with Crippen molar-refractivity contribution in [3.05, 3.63) is 24.3 Å². The Morgan fingerprint density at radius 3 is 2.08 bits per heavy atom. The quantitative estimate of drug-likeness (QED) is 0.618. The molecule has 2 heterocycles. The lowest BCUT2D eigenvalue weighted by Crippen LogP contribution is -2.43. The summed E-state index contributed by atoms with van der Waals surface area (Å²) < 4.78 is 5.08. The molecule has 0 aromatic heterocycles. The molecule has 25 heavy (non-hydrogen) atoms. The Kier molecular flexibility index (Phi) is 5.33. The zero-order valence-corrected chi connectivity index (χ0v) is 14.4. The molecule has 0 bridgehead atoms. The van der Waals surface area contributed by atoms with E-state index in [9.17, 15) is 14.4 Å². The van der Waals surface area contributed by atoms with Crippen molar-refractivity contribution in [2.24, 2.45) is 0 Å². The van der Waals surface area contributed by atoms with Gasteiger partial charge in [-0.3, -0.25) is 14.5 Å². The minimum atomic E-state index is -0.804. The molecule has 2 saturated heterocycles. The highest BCUT2D eigenvalue weighted by molar-refractivity contribution is 6.52. The first-order chi connectivity index (χ1) is 12.1. The van der Waals surface area contributed by atoms with Gasteiger partial charge in [-0.2, -0.15) is 0 Å². The maximum atomic E-state index is 12.7. The monoisotopic (exact) mass is 345 g/mol. The second-order valence-corrected chi connectivity index (χ2v) is 6.38. The Morgan fingerprint density at radius 2 is 1.48 bits per heavy atom. The average Bonchev–Trinajstić information content (AvgIpc) is 2.80. The van der Waals surface area contributed by atoms with Crippen LogP contribution in [-0.2, 0) is 9.59 Å². The second-order valence-electron chi connectivity index (χ2n) is 6.38. The predicted octanol–water partition coefficient (Wildman–Crippen LogP) is 2.21. The summed E-state index contributed by atoms with van der Waals surface area (Å²) in [6.45, 7) is 1.86. The minimum Gasteiger partial charge on any atom is -0.497 e. The van der Waals surface area contributed by atoms with E-state index >= 15 is 0 Å². The number of rotatable bonds is 4. The lowest BCUT2D eigenvalue weighted by Gasteiger charge is -2.27. The molecule has 2 aliphatic rings. The van der Waals surface area contributed by atoms with Crippen LogP contribution in [0.2, 0.25) is 0 Å². The molecule has 0 N–H and O–H groups in total. The molecular weight excluding hydrogens is 322 g/mol. The van der Waals surface area contributed by atoms with Crippen molar-refractivity contribution in [3.8, 4) is 5.75 Å². The van der Waals surface area contributed by atoms with Crippen LogP contribution in [0.15, 0.2) is 24.3 Å². The van der Waals surface area contributed by atoms with Gasteiger partial charge < -0.3 is 4.74 Å². The van der Waals surface area contributed by atoms with Crippen LogP contribution in [0, 0.1) is 0 Å². The van der Waals surface area contributed by atoms with E-state index in [0.29, 0.717) is 11.4 Å². The van der Waals surface area contributed by atoms with Gasteiger partial charge in [0.1, 0.15) is 5.75 Å². The van der Waals surface area contributed by atoms with Gasteiger partial charge in [0.2, 0.25) is 0 Å². The van der Waals surface area contributed by atoms with Crippen molar-refractivity contribution in [2.45, 2.75) is 32.1 Å². The highest BCUT2D eigenvalue weighted by Crippen LogP contribution is 2.25. The van der Waals surface area contributed by atoms with E-state index in [2.05, 4.69) is 4.90 Å². The highest BCUT2D eigenvalue weighted by Gasteiger charge is 2.45. The summed E-state index contributed by atoms with van der Waals surface area (Å²) in [5.41, 5.74) is 0.374. The van der Waals surface area contributed by atoms with Crippen LogP contribution in [0.1, 0.15) is 32.1 Å². The molecule has 0 spiro atoms. The molecule has 2 aliphatic heterocycles. The van der Waals surface area contributed by atoms with E-state index in [4.69, 9.17) is 4.74 Å². The predicted molar refractivity (Wildman–Crippen MR) is 92.2 cm³/mol. The van der Waals surface area contributed by atoms with Crippen LogP contribution in [0.4, 0.5) is 10.5 Å². The van der Waals surface area contributed by atoms with E-state index in [0.717, 1.165) is 48.6 Å². The van der Waals surface area contributed by atoms with Crippen molar-refractivity contribution in [3.63, 3.8) is 0 Å². The molecule has 0 unspecified atom stereocenters. The zero-order chi connectivity index (χ0) is 17.8. The summed E-state index contributed by atoms with van der Waals surface area (Å²) >= 11 is 0. The number of anilines is 1. The molecule has 0 atom stereocenters. The topological polar surface area (TPSA) is 70.2 Å². The maximum absolute atomic E-state index is 12.7. The van der Waals surface area contributed by atoms with Gasteiger partial charge in [-0.25, -0.2) is 14.6 Å². The van der Waals surface area contributed by atoms with Crippen LogP contribution in [0.3, 0.4) is 0 Å². The van der Waals surface area contributed by atoms with Gasteiger partial charge in [-0.1, -0.05) is 19.3 Å². The summed E-state index contributed by atoms with van der Waals surface area (Å²) in [4.78, 5) is 41.4. The van der Waals surface area contributed by atoms with Crippen molar-refractivity contribution in [1.82, 2.24) is 9.80 Å².